The molecule has 1 aromatic heterocycles. The van der Waals surface area contributed by atoms with Crippen molar-refractivity contribution in [1.82, 2.24) is 4.98 Å². The van der Waals surface area contributed by atoms with Crippen LogP contribution in [0.1, 0.15) is 11.1 Å². The Bertz CT molecular complexity index is 1140. The zero-order valence-corrected chi connectivity index (χ0v) is 19.9. The van der Waals surface area contributed by atoms with Crippen LogP contribution in [-0.4, -0.2) is 51.0 Å². The summed E-state index contributed by atoms with van der Waals surface area (Å²) in [7, 11) is -2.81. The van der Waals surface area contributed by atoms with Gasteiger partial charge >= 0.3 is 0 Å². The second-order valence-electron chi connectivity index (χ2n) is 9.00. The number of hydrogen-bond acceptors (Lipinski definition) is 7. The highest BCUT2D eigenvalue weighted by molar-refractivity contribution is 8.24. The maximum Gasteiger partial charge on any atom is 0.131 e. The predicted octanol–water partition coefficient (Wildman–Crippen LogP) is 4.78. The predicted molar refractivity (Wildman–Crippen MR) is 137 cm³/mol. The van der Waals surface area contributed by atoms with Gasteiger partial charge in [0.25, 0.3) is 0 Å². The van der Waals surface area contributed by atoms with Gasteiger partial charge in [0.1, 0.15) is 5.82 Å². The van der Waals surface area contributed by atoms with Crippen LogP contribution in [0.15, 0.2) is 53.4 Å². The molecule has 0 aliphatic carbocycles. The molecular formula is C24H30N4O2S2. The third kappa shape index (κ3) is 4.06. The van der Waals surface area contributed by atoms with Crippen LogP contribution in [0.4, 0.5) is 11.5 Å². The molecule has 6 nitrogen and oxygen atoms in total. The van der Waals surface area contributed by atoms with E-state index in [4.69, 9.17) is 10.7 Å². The maximum absolute atomic E-state index is 10.7. The lowest BCUT2D eigenvalue weighted by Gasteiger charge is -2.40. The van der Waals surface area contributed by atoms with Crippen LogP contribution < -0.4 is 16.0 Å². The summed E-state index contributed by atoms with van der Waals surface area (Å²) in [6.07, 6.45) is 0. The van der Waals surface area contributed by atoms with E-state index in [9.17, 15) is 9.11 Å². The van der Waals surface area contributed by atoms with E-state index in [-0.39, 0.29) is 5.41 Å². The third-order valence-electron chi connectivity index (χ3n) is 6.51. The Morgan fingerprint density at radius 2 is 2.00 bits per heavy atom. The molecule has 0 radical (unpaired) electrons. The summed E-state index contributed by atoms with van der Waals surface area (Å²) >= 11 is 1.95. The van der Waals surface area contributed by atoms with E-state index in [2.05, 4.69) is 41.4 Å². The van der Waals surface area contributed by atoms with Gasteiger partial charge in [0.2, 0.25) is 0 Å². The Morgan fingerprint density at radius 3 is 2.75 bits per heavy atom. The topological polar surface area (TPSA) is 94.6 Å². The van der Waals surface area contributed by atoms with Crippen LogP contribution in [-0.2, 0) is 6.54 Å². The van der Waals surface area contributed by atoms with Crippen molar-refractivity contribution in [3.63, 3.8) is 0 Å². The molecule has 170 valence electrons. The van der Waals surface area contributed by atoms with Gasteiger partial charge in [-0.15, -0.1) is 0 Å². The van der Waals surface area contributed by atoms with Crippen molar-refractivity contribution >= 4 is 44.8 Å². The summed E-state index contributed by atoms with van der Waals surface area (Å²) < 4.78 is 21.5. The second-order valence-corrected chi connectivity index (χ2v) is 12.2. The van der Waals surface area contributed by atoms with E-state index in [1.54, 1.807) is 0 Å². The molecular weight excluding hydrogens is 440 g/mol. The SMILES string of the molecule is Cc1ccc2nc(N3CCS(O)(O)c4ccccc4C3)cc(NCC3(CN)CSC3)c2c1. The number of aromatic nitrogens is 1. The minimum Gasteiger partial charge on any atom is -0.384 e. The van der Waals surface area contributed by atoms with Crippen LogP contribution in [0, 0.1) is 12.3 Å². The summed E-state index contributed by atoms with van der Waals surface area (Å²) in [5, 5.41) is 4.79. The number of hydrogen-bond donors (Lipinski definition) is 4. The first-order valence-electron chi connectivity index (χ1n) is 10.9. The third-order valence-corrected chi connectivity index (χ3v) is 10.00. The van der Waals surface area contributed by atoms with Crippen molar-refractivity contribution in [3.8, 4) is 0 Å². The van der Waals surface area contributed by atoms with Gasteiger partial charge in [-0.25, -0.2) is 4.98 Å². The number of rotatable bonds is 5. The number of nitrogens with zero attached hydrogens (tertiary/aromatic N) is 2. The number of thioether (sulfide) groups is 1. The Labute approximate surface area is 195 Å². The minimum atomic E-state index is -2.81. The van der Waals surface area contributed by atoms with E-state index in [1.807, 2.05) is 36.0 Å². The molecule has 0 unspecified atom stereocenters. The molecule has 5 rings (SSSR count). The zero-order valence-electron chi connectivity index (χ0n) is 18.3. The molecule has 0 spiro atoms. The Balaban J connectivity index is 1.52. The standard InChI is InChI=1S/C24H30N4O2S2/c1-17-6-7-20-19(10-17)21(26-14-24(13-25)15-31-16-24)11-23(27-20)28-8-9-32(29,30)22-5-3-2-4-18(22)12-28/h2-7,10-11,29-30H,8-9,12-16,25H2,1H3,(H,26,27). The average molecular weight is 471 g/mol. The molecule has 5 N–H and O–H groups in total. The van der Waals surface area contributed by atoms with Crippen LogP contribution in [0.3, 0.4) is 0 Å². The largest absolute Gasteiger partial charge is 0.384 e. The Kier molecular flexibility index (Phi) is 5.75. The average Bonchev–Trinajstić information content (AvgIpc) is 2.89. The van der Waals surface area contributed by atoms with E-state index < -0.39 is 10.6 Å². The summed E-state index contributed by atoms with van der Waals surface area (Å²) in [6, 6.07) is 16.1. The molecule has 0 amide bonds. The van der Waals surface area contributed by atoms with Gasteiger partial charge in [-0.05, 0) is 30.7 Å². The molecule has 2 aromatic carbocycles. The fourth-order valence-electron chi connectivity index (χ4n) is 4.38. The zero-order chi connectivity index (χ0) is 22.3. The van der Waals surface area contributed by atoms with Gasteiger partial charge in [-0.2, -0.15) is 22.4 Å². The quantitative estimate of drug-likeness (QED) is 0.426. The van der Waals surface area contributed by atoms with Gasteiger partial charge in [0.05, 0.1) is 16.2 Å². The van der Waals surface area contributed by atoms with E-state index in [1.165, 1.54) is 5.56 Å². The molecule has 2 aliphatic rings. The molecule has 0 saturated carbocycles. The van der Waals surface area contributed by atoms with Crippen molar-refractivity contribution in [1.29, 1.82) is 0 Å². The number of fused-ring (bicyclic) bond motifs is 2. The number of nitrogens with two attached hydrogens (primary N) is 1. The van der Waals surface area contributed by atoms with Gasteiger partial charge in [-0.3, -0.25) is 9.11 Å². The van der Waals surface area contributed by atoms with Crippen molar-refractivity contribution < 1.29 is 9.11 Å². The molecule has 2 aliphatic heterocycles. The minimum absolute atomic E-state index is 0.155. The lowest BCUT2D eigenvalue weighted by Crippen LogP contribution is -2.47. The Hall–Kier alpha value is -1.97. The molecule has 0 bridgehead atoms. The molecule has 3 heterocycles. The number of aryl methyl sites for hydroxylation is 1. The summed E-state index contributed by atoms with van der Waals surface area (Å²) in [6.45, 7) is 4.75. The number of anilines is 2. The molecule has 3 aromatic rings. The molecule has 32 heavy (non-hydrogen) atoms. The Morgan fingerprint density at radius 1 is 1.19 bits per heavy atom. The first kappa shape index (κ1) is 21.9. The van der Waals surface area contributed by atoms with Crippen molar-refractivity contribution in [2.45, 2.75) is 18.4 Å². The van der Waals surface area contributed by atoms with Gasteiger partial charge in [0, 0.05) is 60.2 Å². The highest BCUT2D eigenvalue weighted by Gasteiger charge is 2.36. The van der Waals surface area contributed by atoms with Crippen molar-refractivity contribution in [3.05, 3.63) is 59.7 Å². The number of benzene rings is 2. The van der Waals surface area contributed by atoms with Crippen LogP contribution in [0.5, 0.6) is 0 Å². The highest BCUT2D eigenvalue weighted by atomic mass is 32.3. The van der Waals surface area contributed by atoms with E-state index >= 15 is 0 Å². The maximum atomic E-state index is 10.7. The normalized spacial score (nSPS) is 20.2. The molecule has 1 fully saturated rings. The van der Waals surface area contributed by atoms with Crippen LogP contribution in [0.2, 0.25) is 0 Å². The smallest absolute Gasteiger partial charge is 0.131 e. The van der Waals surface area contributed by atoms with Gasteiger partial charge < -0.3 is 16.0 Å². The van der Waals surface area contributed by atoms with E-state index in [0.29, 0.717) is 30.3 Å². The first-order valence-corrected chi connectivity index (χ1v) is 13.8. The highest BCUT2D eigenvalue weighted by Crippen LogP contribution is 2.51. The molecule has 1 saturated heterocycles. The van der Waals surface area contributed by atoms with Crippen molar-refractivity contribution in [2.24, 2.45) is 11.1 Å². The summed E-state index contributed by atoms with van der Waals surface area (Å²) in [4.78, 5) is 7.78. The van der Waals surface area contributed by atoms with Gasteiger partial charge in [0.15, 0.2) is 0 Å². The number of pyridine rings is 1. The van der Waals surface area contributed by atoms with Gasteiger partial charge in [-0.1, -0.05) is 29.8 Å². The first-order chi connectivity index (χ1) is 15.4. The van der Waals surface area contributed by atoms with Crippen LogP contribution >= 0.6 is 22.4 Å². The fourth-order valence-corrected chi connectivity index (χ4v) is 7.15. The van der Waals surface area contributed by atoms with Crippen molar-refractivity contribution in [2.75, 3.05) is 47.1 Å². The molecule has 8 heteroatoms. The summed E-state index contributed by atoms with van der Waals surface area (Å²) in [5.41, 5.74) is 10.4. The molecule has 0 atom stereocenters. The number of nitrogens with one attached hydrogen (secondary N) is 1. The second kappa shape index (κ2) is 8.43. The summed E-state index contributed by atoms with van der Waals surface area (Å²) in [5.74, 6) is 3.33. The van der Waals surface area contributed by atoms with Crippen LogP contribution in [0.25, 0.3) is 10.9 Å². The van der Waals surface area contributed by atoms with E-state index in [0.717, 1.165) is 46.0 Å². The fraction of sp³-hybridized carbons (Fsp3) is 0.375. The monoisotopic (exact) mass is 470 g/mol. The lowest BCUT2D eigenvalue weighted by molar-refractivity contribution is 0.400. The lowest BCUT2D eigenvalue weighted by atomic mass is 9.92.